The molecule has 0 radical (unpaired) electrons. The lowest BCUT2D eigenvalue weighted by atomic mass is 9.77. The van der Waals surface area contributed by atoms with Gasteiger partial charge in [0.2, 0.25) is 0 Å². The molecule has 9 nitrogen and oxygen atoms in total. The van der Waals surface area contributed by atoms with Crippen LogP contribution >= 0.6 is 23.8 Å². The van der Waals surface area contributed by atoms with Gasteiger partial charge in [-0.3, -0.25) is 24.7 Å². The molecule has 2 aliphatic rings. The van der Waals surface area contributed by atoms with Gasteiger partial charge in [-0.15, -0.1) is 0 Å². The van der Waals surface area contributed by atoms with Crippen molar-refractivity contribution < 1.29 is 14.4 Å². The summed E-state index contributed by atoms with van der Waals surface area (Å²) in [6.07, 6.45) is 2.84. The number of H-pyrrole nitrogens is 1. The highest BCUT2D eigenvalue weighted by Crippen LogP contribution is 2.35. The van der Waals surface area contributed by atoms with Gasteiger partial charge in [-0.1, -0.05) is 18.5 Å². The van der Waals surface area contributed by atoms with Crippen LogP contribution in [0.1, 0.15) is 32.6 Å². The number of rotatable bonds is 4. The number of aromatic nitrogens is 3. The SMILES string of the molecule is CC1CCC2(CC1)NC(=O)N(NC(=O)Cn1c(-c3ccc(Cl)cc3)n[nH]c1=S)C2=O. The van der Waals surface area contributed by atoms with Crippen LogP contribution in [0.3, 0.4) is 0 Å². The summed E-state index contributed by atoms with van der Waals surface area (Å²) in [5.74, 6) is -0.0196. The minimum Gasteiger partial charge on any atom is -0.322 e. The first-order valence-corrected chi connectivity index (χ1v) is 10.4. The zero-order valence-electron chi connectivity index (χ0n) is 16.3. The number of amides is 4. The molecule has 2 heterocycles. The van der Waals surface area contributed by atoms with E-state index in [2.05, 4.69) is 27.9 Å². The molecule has 3 N–H and O–H groups in total. The van der Waals surface area contributed by atoms with Crippen LogP contribution in [0, 0.1) is 10.7 Å². The van der Waals surface area contributed by atoms with Crippen molar-refractivity contribution in [1.82, 2.24) is 30.5 Å². The summed E-state index contributed by atoms with van der Waals surface area (Å²) in [5, 5.41) is 11.0. The summed E-state index contributed by atoms with van der Waals surface area (Å²) in [4.78, 5) is 37.9. The molecule has 0 atom stereocenters. The number of benzene rings is 1. The number of hydrogen-bond acceptors (Lipinski definition) is 5. The zero-order valence-corrected chi connectivity index (χ0v) is 17.8. The summed E-state index contributed by atoms with van der Waals surface area (Å²) in [6.45, 7) is 1.91. The summed E-state index contributed by atoms with van der Waals surface area (Å²) in [6, 6.07) is 6.31. The Hall–Kier alpha value is -2.72. The maximum Gasteiger partial charge on any atom is 0.344 e. The molecule has 2 fully saturated rings. The summed E-state index contributed by atoms with van der Waals surface area (Å²) in [7, 11) is 0. The first kappa shape index (κ1) is 20.5. The summed E-state index contributed by atoms with van der Waals surface area (Å²) >= 11 is 11.2. The van der Waals surface area contributed by atoms with Gasteiger partial charge in [0.15, 0.2) is 10.6 Å². The molecule has 1 saturated heterocycles. The quantitative estimate of drug-likeness (QED) is 0.491. The molecule has 1 aromatic heterocycles. The van der Waals surface area contributed by atoms with Crippen molar-refractivity contribution in [1.29, 1.82) is 0 Å². The van der Waals surface area contributed by atoms with Crippen LogP contribution in [0.25, 0.3) is 11.4 Å². The summed E-state index contributed by atoms with van der Waals surface area (Å²) in [5.41, 5.74) is 2.21. The van der Waals surface area contributed by atoms with Crippen LogP contribution in [0.15, 0.2) is 24.3 Å². The van der Waals surface area contributed by atoms with E-state index in [-0.39, 0.29) is 11.3 Å². The van der Waals surface area contributed by atoms with Gasteiger partial charge in [0, 0.05) is 10.6 Å². The number of hydrogen-bond donors (Lipinski definition) is 3. The van der Waals surface area contributed by atoms with Crippen LogP contribution in [0.4, 0.5) is 4.79 Å². The maximum atomic E-state index is 12.9. The minimum absolute atomic E-state index is 0.214. The van der Waals surface area contributed by atoms with E-state index < -0.39 is 23.4 Å². The lowest BCUT2D eigenvalue weighted by Crippen LogP contribution is -2.52. The van der Waals surface area contributed by atoms with Crippen molar-refractivity contribution in [2.75, 3.05) is 0 Å². The number of hydrazine groups is 1. The van der Waals surface area contributed by atoms with Crippen LogP contribution in [0.2, 0.25) is 5.02 Å². The molecule has 2 aromatic rings. The Labute approximate surface area is 182 Å². The number of halogens is 1. The molecule has 1 aliphatic carbocycles. The minimum atomic E-state index is -0.919. The Morgan fingerprint density at radius 3 is 2.63 bits per heavy atom. The fourth-order valence-electron chi connectivity index (χ4n) is 3.90. The molecule has 1 aromatic carbocycles. The average molecular weight is 449 g/mol. The molecule has 0 unspecified atom stereocenters. The Kier molecular flexibility index (Phi) is 5.37. The lowest BCUT2D eigenvalue weighted by Gasteiger charge is -2.33. The Balaban J connectivity index is 1.49. The highest BCUT2D eigenvalue weighted by molar-refractivity contribution is 7.71. The van der Waals surface area contributed by atoms with E-state index in [4.69, 9.17) is 23.8 Å². The topological polar surface area (TPSA) is 112 Å². The highest BCUT2D eigenvalue weighted by Gasteiger charge is 2.52. The van der Waals surface area contributed by atoms with Crippen LogP contribution in [-0.2, 0) is 16.1 Å². The molecule has 1 aliphatic heterocycles. The van der Waals surface area contributed by atoms with Gasteiger partial charge < -0.3 is 5.32 Å². The molecule has 0 bridgehead atoms. The van der Waals surface area contributed by atoms with Gasteiger partial charge in [0.05, 0.1) is 0 Å². The molecule has 1 saturated carbocycles. The second kappa shape index (κ2) is 7.84. The van der Waals surface area contributed by atoms with Gasteiger partial charge in [-0.2, -0.15) is 10.1 Å². The van der Waals surface area contributed by atoms with E-state index in [0.717, 1.165) is 17.9 Å². The third-order valence-corrected chi connectivity index (χ3v) is 6.25. The standard InChI is InChI=1S/C19H21ClN6O3S/c1-11-6-8-19(9-7-11)16(28)26(17(29)21-19)24-14(27)10-25-15(22-23-18(25)30)12-2-4-13(20)5-3-12/h2-5,11H,6-10H2,1H3,(H,21,29)(H,23,30)(H,24,27). The Morgan fingerprint density at radius 2 is 1.97 bits per heavy atom. The first-order valence-electron chi connectivity index (χ1n) is 9.66. The molecule has 30 heavy (non-hydrogen) atoms. The lowest BCUT2D eigenvalue weighted by molar-refractivity contribution is -0.140. The molecule has 1 spiro atoms. The third kappa shape index (κ3) is 3.72. The second-order valence-corrected chi connectivity index (χ2v) is 8.64. The molecule has 4 amide bonds. The van der Waals surface area contributed by atoms with E-state index in [1.165, 1.54) is 4.57 Å². The van der Waals surface area contributed by atoms with Crippen molar-refractivity contribution in [3.05, 3.63) is 34.1 Å². The highest BCUT2D eigenvalue weighted by atomic mass is 35.5. The van der Waals surface area contributed by atoms with Crippen molar-refractivity contribution in [3.8, 4) is 11.4 Å². The number of carbonyl (C=O) groups is 3. The van der Waals surface area contributed by atoms with E-state index in [0.29, 0.717) is 35.2 Å². The van der Waals surface area contributed by atoms with Crippen molar-refractivity contribution >= 4 is 41.7 Å². The van der Waals surface area contributed by atoms with Crippen molar-refractivity contribution in [2.24, 2.45) is 5.92 Å². The molecular weight excluding hydrogens is 428 g/mol. The molecule has 4 rings (SSSR count). The maximum absolute atomic E-state index is 12.9. The number of nitrogens with one attached hydrogen (secondary N) is 3. The molecular formula is C19H21ClN6O3S. The monoisotopic (exact) mass is 448 g/mol. The number of urea groups is 1. The van der Waals surface area contributed by atoms with Crippen LogP contribution in [-0.4, -0.2) is 43.2 Å². The Bertz CT molecular complexity index is 1050. The van der Waals surface area contributed by atoms with Gasteiger partial charge >= 0.3 is 6.03 Å². The number of carbonyl (C=O) groups excluding carboxylic acids is 3. The Morgan fingerprint density at radius 1 is 1.30 bits per heavy atom. The third-order valence-electron chi connectivity index (χ3n) is 5.69. The van der Waals surface area contributed by atoms with Crippen LogP contribution in [0.5, 0.6) is 0 Å². The second-order valence-electron chi connectivity index (χ2n) is 7.82. The molecule has 158 valence electrons. The van der Waals surface area contributed by atoms with E-state index >= 15 is 0 Å². The van der Waals surface area contributed by atoms with Gasteiger partial charge in [0.25, 0.3) is 11.8 Å². The largest absolute Gasteiger partial charge is 0.344 e. The van der Waals surface area contributed by atoms with E-state index in [9.17, 15) is 14.4 Å². The zero-order chi connectivity index (χ0) is 21.5. The first-order chi connectivity index (χ1) is 14.3. The predicted octanol–water partition coefficient (Wildman–Crippen LogP) is 2.79. The van der Waals surface area contributed by atoms with E-state index in [1.54, 1.807) is 24.3 Å². The van der Waals surface area contributed by atoms with Gasteiger partial charge in [-0.05, 0) is 68.1 Å². The number of aromatic amines is 1. The van der Waals surface area contributed by atoms with Gasteiger partial charge in [-0.25, -0.2) is 4.79 Å². The van der Waals surface area contributed by atoms with Crippen molar-refractivity contribution in [3.63, 3.8) is 0 Å². The number of nitrogens with zero attached hydrogens (tertiary/aromatic N) is 3. The predicted molar refractivity (Wildman–Crippen MR) is 112 cm³/mol. The van der Waals surface area contributed by atoms with Crippen LogP contribution < -0.4 is 10.7 Å². The fraction of sp³-hybridized carbons (Fsp3) is 0.421. The average Bonchev–Trinajstić information content (AvgIpc) is 3.18. The molecule has 11 heteroatoms. The summed E-state index contributed by atoms with van der Waals surface area (Å²) < 4.78 is 1.73. The van der Waals surface area contributed by atoms with Gasteiger partial charge in [0.1, 0.15) is 12.1 Å². The van der Waals surface area contributed by atoms with Crippen molar-refractivity contribution in [2.45, 2.75) is 44.7 Å². The fourth-order valence-corrected chi connectivity index (χ4v) is 4.23. The smallest absolute Gasteiger partial charge is 0.322 e. The van der Waals surface area contributed by atoms with E-state index in [1.807, 2.05) is 0 Å². The normalized spacial score (nSPS) is 23.7. The number of imide groups is 1.